The summed E-state index contributed by atoms with van der Waals surface area (Å²) < 4.78 is 4.82. The van der Waals surface area contributed by atoms with Crippen LogP contribution in [0, 0.1) is 6.92 Å². The van der Waals surface area contributed by atoms with Gasteiger partial charge in [-0.15, -0.1) is 0 Å². The van der Waals surface area contributed by atoms with E-state index in [0.717, 1.165) is 24.1 Å². The van der Waals surface area contributed by atoms with E-state index in [4.69, 9.17) is 4.74 Å². The Hall–Kier alpha value is -1.38. The number of pyridine rings is 1. The molecule has 2 rings (SSSR count). The van der Waals surface area contributed by atoms with Crippen LogP contribution >= 0.6 is 0 Å². The van der Waals surface area contributed by atoms with Gasteiger partial charge in [-0.25, -0.2) is 0 Å². The Morgan fingerprint density at radius 2 is 2.29 bits per heavy atom. The van der Waals surface area contributed by atoms with E-state index < -0.39 is 0 Å². The van der Waals surface area contributed by atoms with Gasteiger partial charge in [0, 0.05) is 11.9 Å². The standard InChI is InChI=1S/C11H13NO2/c1-8-9(4-3-7-12-8)11(5-6-11)10(13)14-2/h3-4,7H,5-6H2,1-2H3. The fourth-order valence-electron chi connectivity index (χ4n) is 1.89. The number of rotatable bonds is 2. The molecule has 1 aliphatic carbocycles. The zero-order valence-corrected chi connectivity index (χ0v) is 8.41. The van der Waals surface area contributed by atoms with E-state index in [2.05, 4.69) is 4.98 Å². The third-order valence-corrected chi connectivity index (χ3v) is 2.85. The molecular formula is C11H13NO2. The predicted molar refractivity (Wildman–Crippen MR) is 51.9 cm³/mol. The minimum atomic E-state index is -0.382. The van der Waals surface area contributed by atoms with Crippen molar-refractivity contribution in [3.63, 3.8) is 0 Å². The second-order valence-electron chi connectivity index (χ2n) is 3.71. The lowest BCUT2D eigenvalue weighted by atomic mass is 9.95. The normalized spacial score (nSPS) is 17.6. The third-order valence-electron chi connectivity index (χ3n) is 2.85. The zero-order chi connectivity index (χ0) is 10.2. The molecular weight excluding hydrogens is 178 g/mol. The second kappa shape index (κ2) is 3.08. The third kappa shape index (κ3) is 1.20. The number of methoxy groups -OCH3 is 1. The molecule has 0 amide bonds. The zero-order valence-electron chi connectivity index (χ0n) is 8.41. The van der Waals surface area contributed by atoms with E-state index >= 15 is 0 Å². The minimum Gasteiger partial charge on any atom is -0.468 e. The number of esters is 1. The lowest BCUT2D eigenvalue weighted by molar-refractivity contribution is -0.143. The molecule has 0 aromatic carbocycles. The highest BCUT2D eigenvalue weighted by Gasteiger charge is 2.53. The van der Waals surface area contributed by atoms with Gasteiger partial charge in [0.25, 0.3) is 0 Å². The average Bonchev–Trinajstić information content (AvgIpc) is 2.98. The van der Waals surface area contributed by atoms with Crippen LogP contribution in [0.3, 0.4) is 0 Å². The molecule has 0 radical (unpaired) electrons. The average molecular weight is 191 g/mol. The molecule has 3 heteroatoms. The van der Waals surface area contributed by atoms with Crippen LogP contribution in [0.2, 0.25) is 0 Å². The van der Waals surface area contributed by atoms with Crippen LogP contribution < -0.4 is 0 Å². The summed E-state index contributed by atoms with van der Waals surface area (Å²) in [5.41, 5.74) is 1.56. The highest BCUT2D eigenvalue weighted by molar-refractivity contribution is 5.86. The van der Waals surface area contributed by atoms with Crippen molar-refractivity contribution in [2.24, 2.45) is 0 Å². The van der Waals surface area contributed by atoms with Gasteiger partial charge in [-0.05, 0) is 31.4 Å². The summed E-state index contributed by atoms with van der Waals surface area (Å²) in [5.74, 6) is -0.131. The highest BCUT2D eigenvalue weighted by atomic mass is 16.5. The van der Waals surface area contributed by atoms with Gasteiger partial charge >= 0.3 is 5.97 Å². The van der Waals surface area contributed by atoms with Crippen LogP contribution in [0.25, 0.3) is 0 Å². The minimum absolute atomic E-state index is 0.131. The van der Waals surface area contributed by atoms with Crippen LogP contribution in [-0.4, -0.2) is 18.1 Å². The molecule has 1 aliphatic rings. The van der Waals surface area contributed by atoms with Gasteiger partial charge in [0.2, 0.25) is 0 Å². The van der Waals surface area contributed by atoms with Gasteiger partial charge in [-0.1, -0.05) is 6.07 Å². The summed E-state index contributed by atoms with van der Waals surface area (Å²) >= 11 is 0. The molecule has 1 fully saturated rings. The Morgan fingerprint density at radius 1 is 1.57 bits per heavy atom. The molecule has 0 spiro atoms. The van der Waals surface area contributed by atoms with E-state index in [1.807, 2.05) is 19.1 Å². The number of hydrogen-bond acceptors (Lipinski definition) is 3. The van der Waals surface area contributed by atoms with Gasteiger partial charge in [0.15, 0.2) is 0 Å². The van der Waals surface area contributed by atoms with Crippen molar-refractivity contribution in [1.82, 2.24) is 4.98 Å². The first-order valence-electron chi connectivity index (χ1n) is 4.71. The van der Waals surface area contributed by atoms with E-state index in [0.29, 0.717) is 0 Å². The van der Waals surface area contributed by atoms with Crippen molar-refractivity contribution in [1.29, 1.82) is 0 Å². The maximum atomic E-state index is 11.6. The van der Waals surface area contributed by atoms with Gasteiger partial charge in [0.05, 0.1) is 12.5 Å². The van der Waals surface area contributed by atoms with Crippen LogP contribution in [0.4, 0.5) is 0 Å². The molecule has 0 bridgehead atoms. The lowest BCUT2D eigenvalue weighted by Gasteiger charge is -2.14. The molecule has 0 saturated heterocycles. The van der Waals surface area contributed by atoms with Crippen LogP contribution in [-0.2, 0) is 14.9 Å². The number of ether oxygens (including phenoxy) is 1. The van der Waals surface area contributed by atoms with E-state index in [1.54, 1.807) is 6.20 Å². The second-order valence-corrected chi connectivity index (χ2v) is 3.71. The van der Waals surface area contributed by atoms with Gasteiger partial charge in [-0.2, -0.15) is 0 Å². The van der Waals surface area contributed by atoms with E-state index in [-0.39, 0.29) is 11.4 Å². The number of carbonyl (C=O) groups is 1. The molecule has 14 heavy (non-hydrogen) atoms. The fourth-order valence-corrected chi connectivity index (χ4v) is 1.89. The quantitative estimate of drug-likeness (QED) is 0.666. The molecule has 0 aliphatic heterocycles. The first kappa shape index (κ1) is 9.19. The summed E-state index contributed by atoms with van der Waals surface area (Å²) in [6, 6.07) is 3.83. The Morgan fingerprint density at radius 3 is 2.79 bits per heavy atom. The molecule has 1 heterocycles. The van der Waals surface area contributed by atoms with Crippen LogP contribution in [0.15, 0.2) is 18.3 Å². The van der Waals surface area contributed by atoms with Crippen molar-refractivity contribution in [2.45, 2.75) is 25.2 Å². The molecule has 74 valence electrons. The van der Waals surface area contributed by atoms with Crippen molar-refractivity contribution < 1.29 is 9.53 Å². The van der Waals surface area contributed by atoms with Gasteiger partial charge in [-0.3, -0.25) is 9.78 Å². The Kier molecular flexibility index (Phi) is 2.02. The molecule has 3 nitrogen and oxygen atoms in total. The number of hydrogen-bond donors (Lipinski definition) is 0. The van der Waals surface area contributed by atoms with E-state index in [1.165, 1.54) is 7.11 Å². The smallest absolute Gasteiger partial charge is 0.316 e. The summed E-state index contributed by atoms with van der Waals surface area (Å²) in [4.78, 5) is 15.8. The Bertz CT molecular complexity index is 369. The predicted octanol–water partition coefficient (Wildman–Crippen LogP) is 1.59. The van der Waals surface area contributed by atoms with Crippen molar-refractivity contribution >= 4 is 5.97 Å². The maximum Gasteiger partial charge on any atom is 0.316 e. The SMILES string of the molecule is COC(=O)C1(c2cccnc2C)CC1. The summed E-state index contributed by atoms with van der Waals surface area (Å²) in [6.45, 7) is 1.93. The summed E-state index contributed by atoms with van der Waals surface area (Å²) in [5, 5.41) is 0. The van der Waals surface area contributed by atoms with Crippen LogP contribution in [0.5, 0.6) is 0 Å². The molecule has 1 saturated carbocycles. The monoisotopic (exact) mass is 191 g/mol. The van der Waals surface area contributed by atoms with Gasteiger partial charge < -0.3 is 4.74 Å². The van der Waals surface area contributed by atoms with Crippen LogP contribution in [0.1, 0.15) is 24.1 Å². The first-order chi connectivity index (χ1) is 6.70. The number of carbonyl (C=O) groups excluding carboxylic acids is 1. The van der Waals surface area contributed by atoms with Crippen molar-refractivity contribution in [3.8, 4) is 0 Å². The molecule has 1 aromatic heterocycles. The summed E-state index contributed by atoms with van der Waals surface area (Å²) in [7, 11) is 1.44. The van der Waals surface area contributed by atoms with Crippen molar-refractivity contribution in [3.05, 3.63) is 29.6 Å². The molecule has 1 aromatic rings. The Labute approximate surface area is 83.1 Å². The van der Waals surface area contributed by atoms with E-state index in [9.17, 15) is 4.79 Å². The molecule has 0 atom stereocenters. The van der Waals surface area contributed by atoms with Crippen molar-refractivity contribution in [2.75, 3.05) is 7.11 Å². The number of aryl methyl sites for hydroxylation is 1. The molecule has 0 unspecified atom stereocenters. The summed E-state index contributed by atoms with van der Waals surface area (Å²) in [6.07, 6.45) is 3.50. The first-order valence-corrected chi connectivity index (χ1v) is 4.71. The number of aromatic nitrogens is 1. The highest BCUT2D eigenvalue weighted by Crippen LogP contribution is 2.49. The lowest BCUT2D eigenvalue weighted by Crippen LogP contribution is -2.23. The maximum absolute atomic E-state index is 11.6. The van der Waals surface area contributed by atoms with Gasteiger partial charge in [0.1, 0.15) is 0 Å². The fraction of sp³-hybridized carbons (Fsp3) is 0.455. The largest absolute Gasteiger partial charge is 0.468 e. The Balaban J connectivity index is 2.40. The topological polar surface area (TPSA) is 39.2 Å². The number of nitrogens with zero attached hydrogens (tertiary/aromatic N) is 1. The molecule has 0 N–H and O–H groups in total.